The number of nitrogens with zero attached hydrogens (tertiary/aromatic N) is 1. The number of hydrogen-bond acceptors (Lipinski definition) is 3. The normalized spacial score (nSPS) is 29.8. The maximum atomic E-state index is 6.23. The van der Waals surface area contributed by atoms with E-state index in [0.717, 1.165) is 32.7 Å². The lowest BCUT2D eigenvalue weighted by atomic mass is 9.75. The van der Waals surface area contributed by atoms with Gasteiger partial charge in [0.2, 0.25) is 0 Å². The molecule has 2 fully saturated rings. The molecule has 2 rings (SSSR count). The third-order valence-corrected chi connectivity index (χ3v) is 3.78. The van der Waals surface area contributed by atoms with Crippen LogP contribution in [-0.2, 0) is 4.74 Å². The van der Waals surface area contributed by atoms with Gasteiger partial charge in [-0.05, 0) is 39.5 Å². The molecule has 0 aromatic rings. The fourth-order valence-electron chi connectivity index (χ4n) is 2.57. The number of nitrogens with two attached hydrogens (primary N) is 1. The average molecular weight is 212 g/mol. The second-order valence-corrected chi connectivity index (χ2v) is 5.85. The Balaban J connectivity index is 1.74. The highest BCUT2D eigenvalue weighted by atomic mass is 16.5. The van der Waals surface area contributed by atoms with Crippen LogP contribution < -0.4 is 5.73 Å². The molecule has 0 unspecified atom stereocenters. The molecule has 88 valence electrons. The van der Waals surface area contributed by atoms with Crippen molar-refractivity contribution in [2.75, 3.05) is 26.2 Å². The van der Waals surface area contributed by atoms with E-state index < -0.39 is 0 Å². The van der Waals surface area contributed by atoms with Crippen molar-refractivity contribution in [3.05, 3.63) is 0 Å². The van der Waals surface area contributed by atoms with Gasteiger partial charge in [-0.1, -0.05) is 0 Å². The first-order valence-electron chi connectivity index (χ1n) is 6.14. The fourth-order valence-corrected chi connectivity index (χ4v) is 2.57. The second kappa shape index (κ2) is 4.04. The summed E-state index contributed by atoms with van der Waals surface area (Å²) in [5.74, 6) is 0. The highest BCUT2D eigenvalue weighted by molar-refractivity contribution is 4.93. The predicted octanol–water partition coefficient (Wildman–Crippen LogP) is 1.37. The SMILES string of the molecule is CC1(C)CN(CCC2(N)CCC2)CCO1. The summed E-state index contributed by atoms with van der Waals surface area (Å²) in [5.41, 5.74) is 6.43. The van der Waals surface area contributed by atoms with Crippen LogP contribution in [0.1, 0.15) is 39.5 Å². The van der Waals surface area contributed by atoms with Gasteiger partial charge in [-0.25, -0.2) is 0 Å². The summed E-state index contributed by atoms with van der Waals surface area (Å²) < 4.78 is 5.69. The van der Waals surface area contributed by atoms with Gasteiger partial charge in [0.15, 0.2) is 0 Å². The van der Waals surface area contributed by atoms with Crippen LogP contribution in [0.3, 0.4) is 0 Å². The Morgan fingerprint density at radius 2 is 2.07 bits per heavy atom. The van der Waals surface area contributed by atoms with Gasteiger partial charge in [-0.15, -0.1) is 0 Å². The quantitative estimate of drug-likeness (QED) is 0.768. The van der Waals surface area contributed by atoms with E-state index in [-0.39, 0.29) is 11.1 Å². The van der Waals surface area contributed by atoms with E-state index >= 15 is 0 Å². The van der Waals surface area contributed by atoms with E-state index in [0.29, 0.717) is 0 Å². The van der Waals surface area contributed by atoms with Crippen molar-refractivity contribution in [3.8, 4) is 0 Å². The molecule has 1 aliphatic carbocycles. The molecule has 0 radical (unpaired) electrons. The van der Waals surface area contributed by atoms with Crippen molar-refractivity contribution in [1.29, 1.82) is 0 Å². The maximum Gasteiger partial charge on any atom is 0.0753 e. The monoisotopic (exact) mass is 212 g/mol. The zero-order valence-electron chi connectivity index (χ0n) is 10.1. The highest BCUT2D eigenvalue weighted by Crippen LogP contribution is 2.32. The number of ether oxygens (including phenoxy) is 1. The third-order valence-electron chi connectivity index (χ3n) is 3.78. The fraction of sp³-hybridized carbons (Fsp3) is 1.00. The summed E-state index contributed by atoms with van der Waals surface area (Å²) >= 11 is 0. The van der Waals surface area contributed by atoms with Crippen LogP contribution in [-0.4, -0.2) is 42.3 Å². The third kappa shape index (κ3) is 2.92. The number of rotatable bonds is 3. The summed E-state index contributed by atoms with van der Waals surface area (Å²) in [5, 5.41) is 0. The highest BCUT2D eigenvalue weighted by Gasteiger charge is 2.34. The summed E-state index contributed by atoms with van der Waals surface area (Å²) in [4.78, 5) is 2.50. The predicted molar refractivity (Wildman–Crippen MR) is 61.9 cm³/mol. The van der Waals surface area contributed by atoms with E-state index in [1.807, 2.05) is 0 Å². The molecule has 2 aliphatic rings. The Kier molecular flexibility index (Phi) is 3.06. The van der Waals surface area contributed by atoms with E-state index in [9.17, 15) is 0 Å². The lowest BCUT2D eigenvalue weighted by Gasteiger charge is -2.42. The second-order valence-electron chi connectivity index (χ2n) is 5.85. The van der Waals surface area contributed by atoms with Crippen LogP contribution in [0.2, 0.25) is 0 Å². The van der Waals surface area contributed by atoms with Crippen LogP contribution in [0.15, 0.2) is 0 Å². The van der Waals surface area contributed by atoms with Crippen LogP contribution in [0.5, 0.6) is 0 Å². The zero-order valence-corrected chi connectivity index (χ0v) is 10.1. The Labute approximate surface area is 93.0 Å². The minimum Gasteiger partial charge on any atom is -0.373 e. The first-order chi connectivity index (χ1) is 6.99. The summed E-state index contributed by atoms with van der Waals surface area (Å²) in [6, 6.07) is 0. The van der Waals surface area contributed by atoms with Crippen molar-refractivity contribution in [2.24, 2.45) is 5.73 Å². The first-order valence-corrected chi connectivity index (χ1v) is 6.14. The van der Waals surface area contributed by atoms with Gasteiger partial charge in [-0.2, -0.15) is 0 Å². The molecule has 0 spiro atoms. The lowest BCUT2D eigenvalue weighted by Crippen LogP contribution is -2.52. The Morgan fingerprint density at radius 3 is 2.60 bits per heavy atom. The molecule has 0 bridgehead atoms. The lowest BCUT2D eigenvalue weighted by molar-refractivity contribution is -0.0876. The minimum atomic E-state index is 0.0274. The van der Waals surface area contributed by atoms with Crippen molar-refractivity contribution >= 4 is 0 Å². The molecule has 0 aromatic heterocycles. The molecule has 1 saturated carbocycles. The minimum absolute atomic E-state index is 0.0274. The van der Waals surface area contributed by atoms with Crippen molar-refractivity contribution in [3.63, 3.8) is 0 Å². The van der Waals surface area contributed by atoms with E-state index in [2.05, 4.69) is 18.7 Å². The van der Waals surface area contributed by atoms with Gasteiger partial charge in [0.1, 0.15) is 0 Å². The van der Waals surface area contributed by atoms with Crippen LogP contribution >= 0.6 is 0 Å². The van der Waals surface area contributed by atoms with E-state index in [1.54, 1.807) is 0 Å². The first kappa shape index (κ1) is 11.4. The van der Waals surface area contributed by atoms with Crippen molar-refractivity contribution < 1.29 is 4.74 Å². The van der Waals surface area contributed by atoms with Crippen LogP contribution in [0.25, 0.3) is 0 Å². The average Bonchev–Trinajstić information content (AvgIpc) is 2.10. The van der Waals surface area contributed by atoms with Crippen molar-refractivity contribution in [2.45, 2.75) is 50.7 Å². The smallest absolute Gasteiger partial charge is 0.0753 e. The summed E-state index contributed by atoms with van der Waals surface area (Å²) in [7, 11) is 0. The topological polar surface area (TPSA) is 38.5 Å². The standard InChI is InChI=1S/C12H24N2O/c1-11(2)10-14(8-9-15-11)7-6-12(13)4-3-5-12/h3-10,13H2,1-2H3. The molecule has 0 atom stereocenters. The summed E-state index contributed by atoms with van der Waals surface area (Å²) in [6.45, 7) is 8.46. The zero-order chi connectivity index (χ0) is 10.9. The van der Waals surface area contributed by atoms with Gasteiger partial charge in [0.25, 0.3) is 0 Å². The molecule has 1 aliphatic heterocycles. The van der Waals surface area contributed by atoms with Gasteiger partial charge in [0, 0.05) is 25.2 Å². The van der Waals surface area contributed by atoms with E-state index in [1.165, 1.54) is 19.3 Å². The van der Waals surface area contributed by atoms with Gasteiger partial charge < -0.3 is 10.5 Å². The summed E-state index contributed by atoms with van der Waals surface area (Å²) in [6.07, 6.45) is 4.93. The van der Waals surface area contributed by atoms with Crippen LogP contribution in [0, 0.1) is 0 Å². The number of hydrogen-bond donors (Lipinski definition) is 1. The maximum absolute atomic E-state index is 6.23. The molecule has 3 nitrogen and oxygen atoms in total. The van der Waals surface area contributed by atoms with Crippen molar-refractivity contribution in [1.82, 2.24) is 4.90 Å². The van der Waals surface area contributed by atoms with Gasteiger partial charge in [-0.3, -0.25) is 4.90 Å². The van der Waals surface area contributed by atoms with Gasteiger partial charge in [0.05, 0.1) is 12.2 Å². The molecule has 15 heavy (non-hydrogen) atoms. The molecular formula is C12H24N2O. The Bertz CT molecular complexity index is 224. The molecular weight excluding hydrogens is 188 g/mol. The molecule has 0 amide bonds. The molecule has 1 saturated heterocycles. The van der Waals surface area contributed by atoms with Crippen LogP contribution in [0.4, 0.5) is 0 Å². The molecule has 1 heterocycles. The molecule has 2 N–H and O–H groups in total. The van der Waals surface area contributed by atoms with E-state index in [4.69, 9.17) is 10.5 Å². The Morgan fingerprint density at radius 1 is 1.33 bits per heavy atom. The largest absolute Gasteiger partial charge is 0.373 e. The number of morpholine rings is 1. The molecule has 0 aromatic carbocycles. The Hall–Kier alpha value is -0.120. The van der Waals surface area contributed by atoms with Gasteiger partial charge >= 0.3 is 0 Å². The molecule has 3 heteroatoms.